The average Bonchev–Trinajstić information content (AvgIpc) is 2.96. The molecule has 0 aromatic heterocycles. The SMILES string of the molecule is CC(NC(=O)C1CCCC1CN)(C(=O)O)c1ccccc1. The van der Waals surface area contributed by atoms with Gasteiger partial charge in [-0.1, -0.05) is 36.8 Å². The predicted octanol–water partition coefficient (Wildman–Crippen LogP) is 1.48. The molecule has 1 aliphatic carbocycles. The largest absolute Gasteiger partial charge is 0.479 e. The van der Waals surface area contributed by atoms with Crippen LogP contribution >= 0.6 is 0 Å². The minimum atomic E-state index is -1.42. The van der Waals surface area contributed by atoms with E-state index in [1.807, 2.05) is 6.07 Å². The van der Waals surface area contributed by atoms with Crippen LogP contribution in [0.2, 0.25) is 0 Å². The summed E-state index contributed by atoms with van der Waals surface area (Å²) in [7, 11) is 0. The molecular formula is C16H22N2O3. The van der Waals surface area contributed by atoms with Crippen LogP contribution in [0.5, 0.6) is 0 Å². The van der Waals surface area contributed by atoms with Gasteiger partial charge in [0.2, 0.25) is 5.91 Å². The molecule has 1 aromatic carbocycles. The number of hydrogen-bond donors (Lipinski definition) is 3. The first-order valence-electron chi connectivity index (χ1n) is 7.30. The van der Waals surface area contributed by atoms with E-state index < -0.39 is 11.5 Å². The van der Waals surface area contributed by atoms with Crippen LogP contribution in [0.25, 0.3) is 0 Å². The smallest absolute Gasteiger partial charge is 0.333 e. The fourth-order valence-electron chi connectivity index (χ4n) is 3.02. The molecule has 21 heavy (non-hydrogen) atoms. The van der Waals surface area contributed by atoms with Crippen LogP contribution in [0.3, 0.4) is 0 Å². The second-order valence-electron chi connectivity index (χ2n) is 5.82. The number of amides is 1. The third-order valence-electron chi connectivity index (χ3n) is 4.45. The van der Waals surface area contributed by atoms with Gasteiger partial charge in [-0.25, -0.2) is 4.79 Å². The van der Waals surface area contributed by atoms with Crippen molar-refractivity contribution in [2.75, 3.05) is 6.54 Å². The van der Waals surface area contributed by atoms with Crippen LogP contribution < -0.4 is 11.1 Å². The number of hydrogen-bond acceptors (Lipinski definition) is 3. The monoisotopic (exact) mass is 290 g/mol. The fourth-order valence-corrected chi connectivity index (χ4v) is 3.02. The molecule has 114 valence electrons. The Balaban J connectivity index is 2.21. The summed E-state index contributed by atoms with van der Waals surface area (Å²) in [6.45, 7) is 1.99. The molecule has 1 amide bonds. The maximum absolute atomic E-state index is 12.5. The highest BCUT2D eigenvalue weighted by Crippen LogP contribution is 2.32. The molecule has 1 saturated carbocycles. The van der Waals surface area contributed by atoms with Gasteiger partial charge in [-0.15, -0.1) is 0 Å². The number of carboxylic acid groups (broad SMARTS) is 1. The minimum Gasteiger partial charge on any atom is -0.479 e. The molecule has 4 N–H and O–H groups in total. The van der Waals surface area contributed by atoms with Crippen LogP contribution in [-0.4, -0.2) is 23.5 Å². The van der Waals surface area contributed by atoms with Gasteiger partial charge in [0, 0.05) is 5.92 Å². The van der Waals surface area contributed by atoms with Gasteiger partial charge in [0.25, 0.3) is 0 Å². The van der Waals surface area contributed by atoms with Crippen molar-refractivity contribution in [1.29, 1.82) is 0 Å². The van der Waals surface area contributed by atoms with Crippen molar-refractivity contribution < 1.29 is 14.7 Å². The molecule has 5 nitrogen and oxygen atoms in total. The molecule has 0 heterocycles. The Hall–Kier alpha value is -1.88. The van der Waals surface area contributed by atoms with E-state index in [9.17, 15) is 14.7 Å². The van der Waals surface area contributed by atoms with Gasteiger partial charge >= 0.3 is 5.97 Å². The zero-order valence-electron chi connectivity index (χ0n) is 12.2. The van der Waals surface area contributed by atoms with Gasteiger partial charge in [-0.3, -0.25) is 4.79 Å². The normalized spacial score (nSPS) is 24.3. The summed E-state index contributed by atoms with van der Waals surface area (Å²) in [5, 5.41) is 12.3. The quantitative estimate of drug-likeness (QED) is 0.766. The van der Waals surface area contributed by atoms with E-state index in [1.54, 1.807) is 24.3 Å². The summed E-state index contributed by atoms with van der Waals surface area (Å²) in [6.07, 6.45) is 2.68. The lowest BCUT2D eigenvalue weighted by Crippen LogP contribution is -2.52. The van der Waals surface area contributed by atoms with Crippen LogP contribution in [0.1, 0.15) is 31.7 Å². The van der Waals surface area contributed by atoms with E-state index in [2.05, 4.69) is 5.32 Å². The molecule has 1 aliphatic rings. The van der Waals surface area contributed by atoms with Crippen molar-refractivity contribution in [3.63, 3.8) is 0 Å². The molecule has 3 atom stereocenters. The molecule has 0 bridgehead atoms. The first kappa shape index (κ1) is 15.5. The molecular weight excluding hydrogens is 268 g/mol. The van der Waals surface area contributed by atoms with E-state index in [4.69, 9.17) is 5.73 Å². The van der Waals surface area contributed by atoms with Gasteiger partial charge in [-0.2, -0.15) is 0 Å². The van der Waals surface area contributed by atoms with E-state index in [1.165, 1.54) is 6.92 Å². The molecule has 1 fully saturated rings. The highest BCUT2D eigenvalue weighted by Gasteiger charge is 2.40. The fraction of sp³-hybridized carbons (Fsp3) is 0.500. The van der Waals surface area contributed by atoms with Crippen molar-refractivity contribution in [3.8, 4) is 0 Å². The van der Waals surface area contributed by atoms with Gasteiger partial charge in [0.1, 0.15) is 0 Å². The second kappa shape index (κ2) is 6.26. The number of benzene rings is 1. The highest BCUT2D eigenvalue weighted by atomic mass is 16.4. The van der Waals surface area contributed by atoms with E-state index in [0.29, 0.717) is 12.1 Å². The van der Waals surface area contributed by atoms with Gasteiger partial charge in [-0.05, 0) is 37.8 Å². The lowest BCUT2D eigenvalue weighted by Gasteiger charge is -2.29. The minimum absolute atomic E-state index is 0.152. The van der Waals surface area contributed by atoms with E-state index >= 15 is 0 Å². The maximum Gasteiger partial charge on any atom is 0.333 e. The summed E-state index contributed by atoms with van der Waals surface area (Å²) >= 11 is 0. The second-order valence-corrected chi connectivity index (χ2v) is 5.82. The molecule has 5 heteroatoms. The number of aliphatic carboxylic acids is 1. The van der Waals surface area contributed by atoms with E-state index in [-0.39, 0.29) is 17.7 Å². The summed E-state index contributed by atoms with van der Waals surface area (Å²) in [5.41, 5.74) is 4.85. The van der Waals surface area contributed by atoms with Crippen molar-refractivity contribution in [1.82, 2.24) is 5.32 Å². The van der Waals surface area contributed by atoms with Crippen LogP contribution in [0, 0.1) is 11.8 Å². The Bertz CT molecular complexity index is 518. The third-order valence-corrected chi connectivity index (χ3v) is 4.45. The van der Waals surface area contributed by atoms with Crippen LogP contribution in [-0.2, 0) is 15.1 Å². The van der Waals surface area contributed by atoms with Crippen LogP contribution in [0.4, 0.5) is 0 Å². The first-order chi connectivity index (χ1) is 9.99. The lowest BCUT2D eigenvalue weighted by molar-refractivity contribution is -0.148. The summed E-state index contributed by atoms with van der Waals surface area (Å²) < 4.78 is 0. The van der Waals surface area contributed by atoms with Crippen molar-refractivity contribution in [2.45, 2.75) is 31.7 Å². The standard InChI is InChI=1S/C16H22N2O3/c1-16(15(20)21,12-7-3-2-4-8-12)18-14(19)13-9-5-6-11(13)10-17/h2-4,7-8,11,13H,5-6,9-10,17H2,1H3,(H,18,19)(H,20,21). The third kappa shape index (κ3) is 3.08. The molecule has 0 spiro atoms. The highest BCUT2D eigenvalue weighted by molar-refractivity contribution is 5.89. The van der Waals surface area contributed by atoms with Crippen molar-refractivity contribution >= 4 is 11.9 Å². The summed E-state index contributed by atoms with van der Waals surface area (Å²) in [6, 6.07) is 8.77. The topological polar surface area (TPSA) is 92.4 Å². The number of nitrogens with one attached hydrogen (secondary N) is 1. The number of rotatable bonds is 5. The molecule has 3 unspecified atom stereocenters. The summed E-state index contributed by atoms with van der Waals surface area (Å²) in [4.78, 5) is 24.2. The Labute approximate surface area is 124 Å². The van der Waals surface area contributed by atoms with Crippen LogP contribution in [0.15, 0.2) is 30.3 Å². The van der Waals surface area contributed by atoms with Gasteiger partial charge in [0.15, 0.2) is 5.54 Å². The maximum atomic E-state index is 12.5. The molecule has 0 saturated heterocycles. The number of carbonyl (C=O) groups is 2. The van der Waals surface area contributed by atoms with Gasteiger partial charge < -0.3 is 16.2 Å². The average molecular weight is 290 g/mol. The Morgan fingerprint density at radius 2 is 2.00 bits per heavy atom. The van der Waals surface area contributed by atoms with E-state index in [0.717, 1.165) is 19.3 Å². The van der Waals surface area contributed by atoms with Gasteiger partial charge in [0.05, 0.1) is 0 Å². The Morgan fingerprint density at radius 1 is 1.33 bits per heavy atom. The van der Waals surface area contributed by atoms with Crippen molar-refractivity contribution in [3.05, 3.63) is 35.9 Å². The Kier molecular flexibility index (Phi) is 4.63. The zero-order chi connectivity index (χ0) is 15.5. The number of nitrogens with two attached hydrogens (primary N) is 1. The summed E-state index contributed by atoms with van der Waals surface area (Å²) in [5.74, 6) is -1.31. The van der Waals surface area contributed by atoms with Crippen molar-refractivity contribution in [2.24, 2.45) is 17.6 Å². The first-order valence-corrected chi connectivity index (χ1v) is 7.30. The molecule has 1 aromatic rings. The zero-order valence-corrected chi connectivity index (χ0v) is 12.2. The molecule has 0 radical (unpaired) electrons. The number of carbonyl (C=O) groups excluding carboxylic acids is 1. The molecule has 2 rings (SSSR count). The molecule has 0 aliphatic heterocycles. The number of carboxylic acids is 1. The predicted molar refractivity (Wildman–Crippen MR) is 79.5 cm³/mol. The lowest BCUT2D eigenvalue weighted by atomic mass is 9.89. The Morgan fingerprint density at radius 3 is 2.57 bits per heavy atom.